The summed E-state index contributed by atoms with van der Waals surface area (Å²) in [5.74, 6) is 0. The van der Waals surface area contributed by atoms with E-state index >= 15 is 0 Å². The second-order valence-electron chi connectivity index (χ2n) is 4.84. The van der Waals surface area contributed by atoms with Crippen LogP contribution in [-0.4, -0.2) is 12.1 Å². The van der Waals surface area contributed by atoms with Crippen molar-refractivity contribution in [1.82, 2.24) is 5.32 Å². The summed E-state index contributed by atoms with van der Waals surface area (Å²) in [4.78, 5) is 0. The first-order valence-corrected chi connectivity index (χ1v) is 6.21. The topological polar surface area (TPSA) is 12.0 Å². The van der Waals surface area contributed by atoms with Crippen LogP contribution in [0.5, 0.6) is 0 Å². The number of hydrogen-bond donors (Lipinski definition) is 1. The molecule has 0 unspecified atom stereocenters. The van der Waals surface area contributed by atoms with Gasteiger partial charge in [0.2, 0.25) is 0 Å². The molecule has 0 aromatic rings. The zero-order chi connectivity index (χ0) is 8.93. The Morgan fingerprint density at radius 3 is 1.29 bits per heavy atom. The Labute approximate surface area is 94.4 Å². The maximum atomic E-state index is 3.86. The first-order chi connectivity index (χ1) is 6.45. The predicted molar refractivity (Wildman–Crippen MR) is 56.9 cm³/mol. The van der Waals surface area contributed by atoms with Gasteiger partial charge in [-0.2, -0.15) is 0 Å². The maximum Gasteiger partial charge on any atom is 0.00696 e. The standard InChI is InChI=1S/C12H23N.ClH/c1-3-7-11(8-4-1)13-12-9-5-2-6-10-12;/h11-13H,1-10H2;1H/p-1. The smallest absolute Gasteiger partial charge is 0.00696 e. The fraction of sp³-hybridized carbons (Fsp3) is 1.00. The highest BCUT2D eigenvalue weighted by molar-refractivity contribution is 4.79. The average Bonchev–Trinajstić information content (AvgIpc) is 2.21. The van der Waals surface area contributed by atoms with Crippen molar-refractivity contribution >= 4 is 0 Å². The van der Waals surface area contributed by atoms with Gasteiger partial charge in [0, 0.05) is 12.1 Å². The third-order valence-electron chi connectivity index (χ3n) is 3.68. The van der Waals surface area contributed by atoms with Crippen LogP contribution in [0.25, 0.3) is 0 Å². The molecule has 0 spiro atoms. The molecule has 2 fully saturated rings. The van der Waals surface area contributed by atoms with Gasteiger partial charge in [0.25, 0.3) is 0 Å². The van der Waals surface area contributed by atoms with E-state index in [9.17, 15) is 0 Å². The summed E-state index contributed by atoms with van der Waals surface area (Å²) in [5.41, 5.74) is 0. The van der Waals surface area contributed by atoms with Gasteiger partial charge in [0.15, 0.2) is 0 Å². The Bertz CT molecular complexity index is 121. The van der Waals surface area contributed by atoms with Crippen molar-refractivity contribution in [3.63, 3.8) is 0 Å². The fourth-order valence-electron chi connectivity index (χ4n) is 2.87. The van der Waals surface area contributed by atoms with E-state index in [0.29, 0.717) is 0 Å². The van der Waals surface area contributed by atoms with Gasteiger partial charge < -0.3 is 17.7 Å². The predicted octanol–water partition coefficient (Wildman–Crippen LogP) is 0.245. The Hall–Kier alpha value is 0.250. The third kappa shape index (κ3) is 3.78. The average molecular weight is 217 g/mol. The molecule has 0 atom stereocenters. The van der Waals surface area contributed by atoms with Crippen LogP contribution < -0.4 is 17.7 Å². The van der Waals surface area contributed by atoms with Crippen LogP contribution in [0.2, 0.25) is 0 Å². The SMILES string of the molecule is C1CCC(NC2CCCCC2)CC1.[Cl-]. The summed E-state index contributed by atoms with van der Waals surface area (Å²) in [5, 5.41) is 3.86. The second-order valence-corrected chi connectivity index (χ2v) is 4.84. The molecule has 14 heavy (non-hydrogen) atoms. The zero-order valence-electron chi connectivity index (χ0n) is 9.10. The number of hydrogen-bond acceptors (Lipinski definition) is 1. The van der Waals surface area contributed by atoms with Gasteiger partial charge in [0.05, 0.1) is 0 Å². The van der Waals surface area contributed by atoms with Gasteiger partial charge >= 0.3 is 0 Å². The molecule has 1 nitrogen and oxygen atoms in total. The van der Waals surface area contributed by atoms with Crippen molar-refractivity contribution in [3.8, 4) is 0 Å². The van der Waals surface area contributed by atoms with Gasteiger partial charge in [-0.25, -0.2) is 0 Å². The Morgan fingerprint density at radius 2 is 0.929 bits per heavy atom. The van der Waals surface area contributed by atoms with Crippen molar-refractivity contribution < 1.29 is 12.4 Å². The molecule has 0 amide bonds. The lowest BCUT2D eigenvalue weighted by atomic mass is 9.91. The molecule has 0 saturated heterocycles. The molecule has 0 aromatic heterocycles. The van der Waals surface area contributed by atoms with E-state index in [-0.39, 0.29) is 12.4 Å². The molecule has 2 rings (SSSR count). The van der Waals surface area contributed by atoms with E-state index in [2.05, 4.69) is 5.32 Å². The van der Waals surface area contributed by atoms with E-state index in [1.807, 2.05) is 0 Å². The van der Waals surface area contributed by atoms with Crippen LogP contribution in [-0.2, 0) is 0 Å². The van der Waals surface area contributed by atoms with Crippen LogP contribution in [0.1, 0.15) is 64.2 Å². The van der Waals surface area contributed by atoms with Crippen molar-refractivity contribution in [2.75, 3.05) is 0 Å². The quantitative estimate of drug-likeness (QED) is 0.698. The molecule has 0 aromatic carbocycles. The normalized spacial score (nSPS) is 25.7. The molecule has 2 aliphatic carbocycles. The van der Waals surface area contributed by atoms with Crippen molar-refractivity contribution in [3.05, 3.63) is 0 Å². The first kappa shape index (κ1) is 12.3. The zero-order valence-corrected chi connectivity index (χ0v) is 9.86. The van der Waals surface area contributed by atoms with E-state index < -0.39 is 0 Å². The summed E-state index contributed by atoms with van der Waals surface area (Å²) >= 11 is 0. The van der Waals surface area contributed by atoms with Crippen molar-refractivity contribution in [2.45, 2.75) is 76.3 Å². The lowest BCUT2D eigenvalue weighted by Gasteiger charge is -2.30. The second kappa shape index (κ2) is 6.68. The van der Waals surface area contributed by atoms with Gasteiger partial charge in [-0.15, -0.1) is 0 Å². The van der Waals surface area contributed by atoms with Gasteiger partial charge in [-0.1, -0.05) is 38.5 Å². The summed E-state index contributed by atoms with van der Waals surface area (Å²) < 4.78 is 0. The lowest BCUT2D eigenvalue weighted by Crippen LogP contribution is -3.00. The summed E-state index contributed by atoms with van der Waals surface area (Å²) in [6.07, 6.45) is 14.6. The monoisotopic (exact) mass is 216 g/mol. The maximum absolute atomic E-state index is 3.86. The first-order valence-electron chi connectivity index (χ1n) is 6.21. The van der Waals surface area contributed by atoms with Crippen LogP contribution >= 0.6 is 0 Å². The minimum atomic E-state index is 0. The Morgan fingerprint density at radius 1 is 0.571 bits per heavy atom. The molecule has 84 valence electrons. The van der Waals surface area contributed by atoms with Crippen LogP contribution in [0.4, 0.5) is 0 Å². The fourth-order valence-corrected chi connectivity index (χ4v) is 2.87. The van der Waals surface area contributed by atoms with Gasteiger partial charge in [-0.3, -0.25) is 0 Å². The Kier molecular flexibility index (Phi) is 5.88. The van der Waals surface area contributed by atoms with Gasteiger partial charge in [0.1, 0.15) is 0 Å². The van der Waals surface area contributed by atoms with E-state index in [1.54, 1.807) is 0 Å². The summed E-state index contributed by atoms with van der Waals surface area (Å²) in [6.45, 7) is 0. The highest BCUT2D eigenvalue weighted by Gasteiger charge is 2.19. The van der Waals surface area contributed by atoms with Crippen molar-refractivity contribution in [2.24, 2.45) is 0 Å². The molecule has 0 radical (unpaired) electrons. The molecule has 0 aliphatic heterocycles. The number of nitrogens with one attached hydrogen (secondary N) is 1. The number of rotatable bonds is 2. The minimum absolute atomic E-state index is 0. The Balaban J connectivity index is 0.000000980. The molecule has 2 saturated carbocycles. The summed E-state index contributed by atoms with van der Waals surface area (Å²) in [6, 6.07) is 1.74. The molecule has 2 heteroatoms. The summed E-state index contributed by atoms with van der Waals surface area (Å²) in [7, 11) is 0. The molecule has 0 heterocycles. The molecule has 2 aliphatic rings. The molecular weight excluding hydrogens is 194 g/mol. The minimum Gasteiger partial charge on any atom is -1.00 e. The molecule has 0 bridgehead atoms. The van der Waals surface area contributed by atoms with Crippen LogP contribution in [0.15, 0.2) is 0 Å². The van der Waals surface area contributed by atoms with Crippen molar-refractivity contribution in [1.29, 1.82) is 0 Å². The molecular formula is C12H23ClN-. The molecule has 1 N–H and O–H groups in total. The highest BCUT2D eigenvalue weighted by atomic mass is 35.5. The van der Waals surface area contributed by atoms with Crippen LogP contribution in [0.3, 0.4) is 0 Å². The van der Waals surface area contributed by atoms with Gasteiger partial charge in [-0.05, 0) is 25.7 Å². The van der Waals surface area contributed by atoms with Crippen LogP contribution in [0, 0.1) is 0 Å². The van der Waals surface area contributed by atoms with E-state index in [1.165, 1.54) is 64.2 Å². The van der Waals surface area contributed by atoms with E-state index in [4.69, 9.17) is 0 Å². The number of halogens is 1. The van der Waals surface area contributed by atoms with E-state index in [0.717, 1.165) is 12.1 Å². The largest absolute Gasteiger partial charge is 1.00 e. The third-order valence-corrected chi connectivity index (χ3v) is 3.68. The lowest BCUT2D eigenvalue weighted by molar-refractivity contribution is -0.00000302. The highest BCUT2D eigenvalue weighted by Crippen LogP contribution is 2.22.